The van der Waals surface area contributed by atoms with Crippen LogP contribution in [0.25, 0.3) is 0 Å². The molecule has 0 saturated carbocycles. The molecule has 0 bridgehead atoms. The van der Waals surface area contributed by atoms with Crippen LogP contribution in [0.2, 0.25) is 0 Å². The van der Waals surface area contributed by atoms with Crippen LogP contribution in [0.1, 0.15) is 19.3 Å². The van der Waals surface area contributed by atoms with Crippen LogP contribution in [0, 0.1) is 0 Å². The van der Waals surface area contributed by atoms with Gasteiger partial charge in [0, 0.05) is 18.8 Å². The summed E-state index contributed by atoms with van der Waals surface area (Å²) in [5.74, 6) is 0. The Kier molecular flexibility index (Phi) is 2.26. The minimum absolute atomic E-state index is 0.661. The first-order valence-corrected chi connectivity index (χ1v) is 4.78. The average Bonchev–Trinajstić information content (AvgIpc) is 2.53. The van der Waals surface area contributed by atoms with E-state index in [0.29, 0.717) is 6.04 Å². The maximum atomic E-state index is 4.32. The fourth-order valence-corrected chi connectivity index (χ4v) is 2.08. The Labute approximate surface area is 74.0 Å². The molecule has 2 aliphatic rings. The first kappa shape index (κ1) is 7.99. The zero-order valence-electron chi connectivity index (χ0n) is 7.66. The van der Waals surface area contributed by atoms with Crippen LogP contribution in [-0.2, 0) is 0 Å². The number of aliphatic imine (C=N–C) groups is 1. The molecule has 0 spiro atoms. The first-order valence-electron chi connectivity index (χ1n) is 4.78. The molecular weight excluding hydrogens is 148 g/mol. The molecule has 0 amide bonds. The van der Waals surface area contributed by atoms with E-state index >= 15 is 0 Å². The molecule has 2 aliphatic heterocycles. The van der Waals surface area contributed by atoms with Gasteiger partial charge in [-0.1, -0.05) is 6.08 Å². The summed E-state index contributed by atoms with van der Waals surface area (Å²) in [6.07, 6.45) is 8.20. The third-order valence-corrected chi connectivity index (χ3v) is 2.78. The summed E-state index contributed by atoms with van der Waals surface area (Å²) in [5, 5.41) is 0. The zero-order valence-corrected chi connectivity index (χ0v) is 7.66. The lowest BCUT2D eigenvalue weighted by molar-refractivity contribution is 0.351. The maximum Gasteiger partial charge on any atom is 0.0424 e. The molecule has 2 nitrogen and oxygen atoms in total. The minimum Gasteiger partial charge on any atom is -0.299 e. The van der Waals surface area contributed by atoms with E-state index in [9.17, 15) is 0 Å². The molecule has 0 N–H and O–H groups in total. The molecule has 0 aromatic heterocycles. The molecule has 0 aromatic rings. The molecular formula is C10H16N2. The SMILES string of the molecule is CN1CCC[C@H]1C1=CCCN=C1. The van der Waals surface area contributed by atoms with E-state index in [1.807, 2.05) is 0 Å². The quantitative estimate of drug-likeness (QED) is 0.573. The topological polar surface area (TPSA) is 15.6 Å². The van der Waals surface area contributed by atoms with Crippen LogP contribution >= 0.6 is 0 Å². The van der Waals surface area contributed by atoms with Gasteiger partial charge in [0.1, 0.15) is 0 Å². The Hall–Kier alpha value is -0.630. The predicted octanol–water partition coefficient (Wildman–Crippen LogP) is 1.48. The molecule has 2 heterocycles. The van der Waals surface area contributed by atoms with Gasteiger partial charge >= 0.3 is 0 Å². The van der Waals surface area contributed by atoms with E-state index in [2.05, 4.69) is 29.2 Å². The number of likely N-dealkylation sites (N-methyl/N-ethyl adjacent to an activating group) is 1. The maximum absolute atomic E-state index is 4.32. The van der Waals surface area contributed by atoms with E-state index in [4.69, 9.17) is 0 Å². The molecule has 2 rings (SSSR count). The van der Waals surface area contributed by atoms with Crippen LogP contribution < -0.4 is 0 Å². The summed E-state index contributed by atoms with van der Waals surface area (Å²) < 4.78 is 0. The standard InChI is InChI=1S/C10H16N2/c1-12-7-3-5-10(12)9-4-2-6-11-8-9/h4,8,10H,2-3,5-7H2,1H3/t10-/m0/s1. The van der Waals surface area contributed by atoms with E-state index in [-0.39, 0.29) is 0 Å². The summed E-state index contributed by atoms with van der Waals surface area (Å²) >= 11 is 0. The van der Waals surface area contributed by atoms with Crippen LogP contribution in [0.15, 0.2) is 16.6 Å². The predicted molar refractivity (Wildman–Crippen MR) is 51.7 cm³/mol. The van der Waals surface area contributed by atoms with Gasteiger partial charge in [0.2, 0.25) is 0 Å². The van der Waals surface area contributed by atoms with Crippen LogP contribution in [0.3, 0.4) is 0 Å². The molecule has 0 aliphatic carbocycles. The monoisotopic (exact) mass is 164 g/mol. The molecule has 0 radical (unpaired) electrons. The van der Waals surface area contributed by atoms with Crippen LogP contribution in [0.4, 0.5) is 0 Å². The highest BCUT2D eigenvalue weighted by Gasteiger charge is 2.23. The highest BCUT2D eigenvalue weighted by molar-refractivity contribution is 5.81. The fraction of sp³-hybridized carbons (Fsp3) is 0.700. The van der Waals surface area contributed by atoms with Gasteiger partial charge in [0.15, 0.2) is 0 Å². The molecule has 0 unspecified atom stereocenters. The number of dihydropyridines is 1. The first-order chi connectivity index (χ1) is 5.88. The van der Waals surface area contributed by atoms with Gasteiger partial charge in [0.05, 0.1) is 0 Å². The molecule has 1 saturated heterocycles. The van der Waals surface area contributed by atoms with Crippen molar-refractivity contribution >= 4 is 6.21 Å². The Bertz CT molecular complexity index is 218. The van der Waals surface area contributed by atoms with Crippen molar-refractivity contribution < 1.29 is 0 Å². The van der Waals surface area contributed by atoms with E-state index in [0.717, 1.165) is 13.0 Å². The van der Waals surface area contributed by atoms with Crippen molar-refractivity contribution in [3.63, 3.8) is 0 Å². The van der Waals surface area contributed by atoms with Crippen LogP contribution in [0.5, 0.6) is 0 Å². The molecule has 1 fully saturated rings. The number of nitrogens with zero attached hydrogens (tertiary/aromatic N) is 2. The van der Waals surface area contributed by atoms with E-state index in [1.165, 1.54) is 25.0 Å². The van der Waals surface area contributed by atoms with E-state index < -0.39 is 0 Å². The highest BCUT2D eigenvalue weighted by Crippen LogP contribution is 2.22. The Morgan fingerprint density at radius 3 is 3.08 bits per heavy atom. The third-order valence-electron chi connectivity index (χ3n) is 2.78. The normalized spacial score (nSPS) is 30.8. The molecule has 2 heteroatoms. The summed E-state index contributed by atoms with van der Waals surface area (Å²) in [7, 11) is 2.21. The lowest BCUT2D eigenvalue weighted by Crippen LogP contribution is -2.28. The second-order valence-corrected chi connectivity index (χ2v) is 3.67. The number of hydrogen-bond donors (Lipinski definition) is 0. The van der Waals surface area contributed by atoms with Crippen molar-refractivity contribution in [1.82, 2.24) is 4.90 Å². The lowest BCUT2D eigenvalue weighted by atomic mass is 10.0. The van der Waals surface area contributed by atoms with Crippen LogP contribution in [-0.4, -0.2) is 37.3 Å². The molecule has 66 valence electrons. The second kappa shape index (κ2) is 3.40. The number of likely N-dealkylation sites (tertiary alicyclic amines) is 1. The Morgan fingerprint density at radius 1 is 1.58 bits per heavy atom. The van der Waals surface area contributed by atoms with Crippen molar-refractivity contribution in [2.45, 2.75) is 25.3 Å². The smallest absolute Gasteiger partial charge is 0.0424 e. The summed E-state index contributed by atoms with van der Waals surface area (Å²) in [4.78, 5) is 6.75. The van der Waals surface area contributed by atoms with Crippen molar-refractivity contribution in [3.05, 3.63) is 11.6 Å². The van der Waals surface area contributed by atoms with Gasteiger partial charge in [-0.15, -0.1) is 0 Å². The fourth-order valence-electron chi connectivity index (χ4n) is 2.08. The largest absolute Gasteiger partial charge is 0.299 e. The lowest BCUT2D eigenvalue weighted by Gasteiger charge is -2.21. The van der Waals surface area contributed by atoms with Gasteiger partial charge in [-0.2, -0.15) is 0 Å². The molecule has 12 heavy (non-hydrogen) atoms. The highest BCUT2D eigenvalue weighted by atomic mass is 15.1. The summed E-state index contributed by atoms with van der Waals surface area (Å²) in [6, 6.07) is 0.661. The van der Waals surface area contributed by atoms with Crippen molar-refractivity contribution in [2.24, 2.45) is 4.99 Å². The summed E-state index contributed by atoms with van der Waals surface area (Å²) in [5.41, 5.74) is 1.45. The molecule has 0 aromatic carbocycles. The van der Waals surface area contributed by atoms with Gasteiger partial charge in [0.25, 0.3) is 0 Å². The summed E-state index contributed by atoms with van der Waals surface area (Å²) in [6.45, 7) is 2.23. The number of hydrogen-bond acceptors (Lipinski definition) is 2. The molecule has 1 atom stereocenters. The van der Waals surface area contributed by atoms with Crippen molar-refractivity contribution in [1.29, 1.82) is 0 Å². The number of rotatable bonds is 1. The minimum atomic E-state index is 0.661. The zero-order chi connectivity index (χ0) is 8.39. The van der Waals surface area contributed by atoms with Gasteiger partial charge in [-0.25, -0.2) is 0 Å². The van der Waals surface area contributed by atoms with Gasteiger partial charge in [-0.05, 0) is 38.4 Å². The average molecular weight is 164 g/mol. The van der Waals surface area contributed by atoms with Gasteiger partial charge < -0.3 is 0 Å². The van der Waals surface area contributed by atoms with Gasteiger partial charge in [-0.3, -0.25) is 9.89 Å². The third kappa shape index (κ3) is 1.44. The Morgan fingerprint density at radius 2 is 2.50 bits per heavy atom. The second-order valence-electron chi connectivity index (χ2n) is 3.67. The van der Waals surface area contributed by atoms with Crippen molar-refractivity contribution in [3.8, 4) is 0 Å². The van der Waals surface area contributed by atoms with Crippen molar-refractivity contribution in [2.75, 3.05) is 20.1 Å². The Balaban J connectivity index is 2.07. The van der Waals surface area contributed by atoms with E-state index in [1.54, 1.807) is 0 Å².